The number of nitrogens with two attached hydrogens (primary N) is 1. The summed E-state index contributed by atoms with van der Waals surface area (Å²) in [4.78, 5) is 22.6. The predicted octanol–water partition coefficient (Wildman–Crippen LogP) is -0.894. The third-order valence-corrected chi connectivity index (χ3v) is 3.25. The van der Waals surface area contributed by atoms with Crippen LogP contribution in [0.25, 0.3) is 0 Å². The Morgan fingerprint density at radius 3 is 2.89 bits per heavy atom. The molecule has 1 fully saturated rings. The fourth-order valence-electron chi connectivity index (χ4n) is 2.27. The Morgan fingerprint density at radius 2 is 2.32 bits per heavy atom. The molecule has 8 nitrogen and oxygen atoms in total. The molecule has 1 aromatic rings. The van der Waals surface area contributed by atoms with Crippen molar-refractivity contribution in [1.29, 1.82) is 0 Å². The van der Waals surface area contributed by atoms with Gasteiger partial charge in [-0.1, -0.05) is 5.21 Å². The maximum absolute atomic E-state index is 11.8. The van der Waals surface area contributed by atoms with Crippen molar-refractivity contribution in [2.45, 2.75) is 38.4 Å². The van der Waals surface area contributed by atoms with Crippen molar-refractivity contribution in [1.82, 2.24) is 20.3 Å². The Balaban J connectivity index is 1.80. The van der Waals surface area contributed by atoms with Gasteiger partial charge in [-0.3, -0.25) is 9.59 Å². The van der Waals surface area contributed by atoms with Gasteiger partial charge in [-0.25, -0.2) is 4.68 Å². The third kappa shape index (κ3) is 3.50. The zero-order valence-corrected chi connectivity index (χ0v) is 10.5. The van der Waals surface area contributed by atoms with Gasteiger partial charge >= 0.3 is 5.97 Å². The van der Waals surface area contributed by atoms with Gasteiger partial charge < -0.3 is 16.2 Å². The normalized spacial score (nSPS) is 22.4. The molecule has 1 aromatic heterocycles. The highest BCUT2D eigenvalue weighted by Crippen LogP contribution is 2.25. The van der Waals surface area contributed by atoms with Crippen LogP contribution in [0.1, 0.15) is 25.0 Å². The molecule has 0 aromatic carbocycles. The topological polar surface area (TPSA) is 123 Å². The van der Waals surface area contributed by atoms with Gasteiger partial charge in [-0.2, -0.15) is 0 Å². The second kappa shape index (κ2) is 5.79. The number of carboxylic acids is 1. The van der Waals surface area contributed by atoms with E-state index < -0.39 is 5.97 Å². The molecule has 0 spiro atoms. The number of nitrogens with one attached hydrogen (secondary N) is 1. The predicted molar refractivity (Wildman–Crippen MR) is 64.8 cm³/mol. The minimum atomic E-state index is -0.791. The lowest BCUT2D eigenvalue weighted by Gasteiger charge is -2.12. The first kappa shape index (κ1) is 13.5. The summed E-state index contributed by atoms with van der Waals surface area (Å²) in [6, 6.07) is -0.0638. The van der Waals surface area contributed by atoms with Crippen molar-refractivity contribution in [2.24, 2.45) is 11.7 Å². The van der Waals surface area contributed by atoms with E-state index in [9.17, 15) is 9.59 Å². The lowest BCUT2D eigenvalue weighted by atomic mass is 10.1. The van der Waals surface area contributed by atoms with E-state index in [4.69, 9.17) is 10.8 Å². The van der Waals surface area contributed by atoms with Gasteiger partial charge in [-0.05, 0) is 19.3 Å². The molecular weight excluding hydrogens is 250 g/mol. The van der Waals surface area contributed by atoms with E-state index >= 15 is 0 Å². The van der Waals surface area contributed by atoms with Crippen molar-refractivity contribution in [3.8, 4) is 0 Å². The molecule has 2 atom stereocenters. The maximum atomic E-state index is 11.8. The van der Waals surface area contributed by atoms with Crippen LogP contribution >= 0.6 is 0 Å². The van der Waals surface area contributed by atoms with E-state index in [1.165, 1.54) is 4.68 Å². The minimum Gasteiger partial charge on any atom is -0.481 e. The molecule has 1 saturated carbocycles. The van der Waals surface area contributed by atoms with Gasteiger partial charge in [0, 0.05) is 12.6 Å². The molecule has 0 radical (unpaired) electrons. The van der Waals surface area contributed by atoms with Gasteiger partial charge in [0.2, 0.25) is 5.91 Å². The summed E-state index contributed by atoms with van der Waals surface area (Å²) in [5.74, 6) is -1.33. The zero-order chi connectivity index (χ0) is 13.8. The number of rotatable bonds is 5. The summed E-state index contributed by atoms with van der Waals surface area (Å²) in [5, 5.41) is 19.3. The number of hydrogen-bond acceptors (Lipinski definition) is 5. The number of carboxylic acid groups (broad SMARTS) is 1. The molecular formula is C11H17N5O3. The molecule has 2 rings (SSSR count). The first-order chi connectivity index (χ1) is 9.08. The Labute approximate surface area is 110 Å². The molecule has 1 aliphatic rings. The standard InChI is InChI=1S/C11H17N5O3/c12-4-9-5-16(15-14-9)6-10(17)13-8-2-1-7(3-8)11(18)19/h5,7-8H,1-4,6,12H2,(H,13,17)(H,18,19)/t7-,8+/m1/s1. The molecule has 1 aliphatic carbocycles. The lowest BCUT2D eigenvalue weighted by molar-refractivity contribution is -0.141. The Morgan fingerprint density at radius 1 is 1.53 bits per heavy atom. The van der Waals surface area contributed by atoms with Crippen molar-refractivity contribution < 1.29 is 14.7 Å². The van der Waals surface area contributed by atoms with Crippen LogP contribution in [0.5, 0.6) is 0 Å². The maximum Gasteiger partial charge on any atom is 0.306 e. The monoisotopic (exact) mass is 267 g/mol. The van der Waals surface area contributed by atoms with Crippen LogP contribution in [-0.4, -0.2) is 38.0 Å². The van der Waals surface area contributed by atoms with Crippen molar-refractivity contribution >= 4 is 11.9 Å². The van der Waals surface area contributed by atoms with Gasteiger partial charge in [0.25, 0.3) is 0 Å². The smallest absolute Gasteiger partial charge is 0.306 e. The highest BCUT2D eigenvalue weighted by molar-refractivity contribution is 5.76. The summed E-state index contributed by atoms with van der Waals surface area (Å²) >= 11 is 0. The minimum absolute atomic E-state index is 0.0638. The van der Waals surface area contributed by atoms with E-state index in [1.807, 2.05) is 0 Å². The number of hydrogen-bond donors (Lipinski definition) is 3. The van der Waals surface area contributed by atoms with Crippen LogP contribution < -0.4 is 11.1 Å². The van der Waals surface area contributed by atoms with Gasteiger partial charge in [0.1, 0.15) is 6.54 Å². The molecule has 19 heavy (non-hydrogen) atoms. The van der Waals surface area contributed by atoms with E-state index in [-0.39, 0.29) is 31.0 Å². The SMILES string of the molecule is NCc1cn(CC(=O)N[C@H]2CC[C@@H](C(=O)O)C2)nn1. The highest BCUT2D eigenvalue weighted by atomic mass is 16.4. The highest BCUT2D eigenvalue weighted by Gasteiger charge is 2.30. The van der Waals surface area contributed by atoms with Crippen LogP contribution in [0.3, 0.4) is 0 Å². The number of carbonyl (C=O) groups is 2. The first-order valence-corrected chi connectivity index (χ1v) is 6.19. The Kier molecular flexibility index (Phi) is 4.10. The Hall–Kier alpha value is -1.96. The quantitative estimate of drug-likeness (QED) is 0.635. The zero-order valence-electron chi connectivity index (χ0n) is 10.5. The van der Waals surface area contributed by atoms with Gasteiger partial charge in [0.05, 0.1) is 17.8 Å². The molecule has 1 amide bonds. The number of aliphatic carboxylic acids is 1. The van der Waals surface area contributed by atoms with Crippen molar-refractivity contribution in [2.75, 3.05) is 0 Å². The summed E-state index contributed by atoms with van der Waals surface area (Å²) < 4.78 is 1.42. The molecule has 0 saturated heterocycles. The average Bonchev–Trinajstić information content (AvgIpc) is 2.98. The van der Waals surface area contributed by atoms with Crippen molar-refractivity contribution in [3.63, 3.8) is 0 Å². The fourth-order valence-corrected chi connectivity index (χ4v) is 2.27. The van der Waals surface area contributed by atoms with Gasteiger partial charge in [-0.15, -0.1) is 5.10 Å². The number of nitrogens with zero attached hydrogens (tertiary/aromatic N) is 3. The molecule has 1 heterocycles. The van der Waals surface area contributed by atoms with Crippen LogP contribution in [-0.2, 0) is 22.7 Å². The fraction of sp³-hybridized carbons (Fsp3) is 0.636. The summed E-state index contributed by atoms with van der Waals surface area (Å²) in [6.07, 6.45) is 3.43. The summed E-state index contributed by atoms with van der Waals surface area (Å²) in [5.41, 5.74) is 6.02. The number of aromatic nitrogens is 3. The van der Waals surface area contributed by atoms with Crippen molar-refractivity contribution in [3.05, 3.63) is 11.9 Å². The molecule has 4 N–H and O–H groups in total. The number of carbonyl (C=O) groups excluding carboxylic acids is 1. The first-order valence-electron chi connectivity index (χ1n) is 6.19. The molecule has 0 aliphatic heterocycles. The second-order valence-corrected chi connectivity index (χ2v) is 4.72. The van der Waals surface area contributed by atoms with Crippen LogP contribution in [0.2, 0.25) is 0 Å². The van der Waals surface area contributed by atoms with E-state index in [0.717, 1.165) is 0 Å². The largest absolute Gasteiger partial charge is 0.481 e. The number of amides is 1. The van der Waals surface area contributed by atoms with Crippen LogP contribution in [0, 0.1) is 5.92 Å². The van der Waals surface area contributed by atoms with E-state index in [2.05, 4.69) is 15.6 Å². The molecule has 8 heteroatoms. The third-order valence-electron chi connectivity index (χ3n) is 3.25. The Bertz CT molecular complexity index is 473. The average molecular weight is 267 g/mol. The summed E-state index contributed by atoms with van der Waals surface area (Å²) in [6.45, 7) is 0.353. The molecule has 0 bridgehead atoms. The van der Waals surface area contributed by atoms with Crippen LogP contribution in [0.15, 0.2) is 6.20 Å². The molecule has 104 valence electrons. The van der Waals surface area contributed by atoms with Gasteiger partial charge in [0.15, 0.2) is 0 Å². The van der Waals surface area contributed by atoms with E-state index in [1.54, 1.807) is 6.20 Å². The molecule has 0 unspecified atom stereocenters. The summed E-state index contributed by atoms with van der Waals surface area (Å²) in [7, 11) is 0. The van der Waals surface area contributed by atoms with Crippen LogP contribution in [0.4, 0.5) is 0 Å². The van der Waals surface area contributed by atoms with E-state index in [0.29, 0.717) is 25.0 Å². The lowest BCUT2D eigenvalue weighted by Crippen LogP contribution is -2.35. The second-order valence-electron chi connectivity index (χ2n) is 4.72.